The molecule has 2 amide bonds. The fraction of sp³-hybridized carbons (Fsp3) is 0.429. The van der Waals surface area contributed by atoms with Gasteiger partial charge in [0.2, 0.25) is 0 Å². The van der Waals surface area contributed by atoms with Gasteiger partial charge in [-0.2, -0.15) is 4.79 Å². The molecule has 94 valence electrons. The van der Waals surface area contributed by atoms with E-state index in [1.807, 2.05) is 35.2 Å². The topological polar surface area (TPSA) is 32.6 Å². The molecule has 3 rings (SSSR count). The molecule has 4 nitrogen and oxygen atoms in total. The van der Waals surface area contributed by atoms with Gasteiger partial charge >= 0.3 is 6.03 Å². The van der Waals surface area contributed by atoms with E-state index in [2.05, 4.69) is 6.92 Å². The minimum Gasteiger partial charge on any atom is -0.328 e. The highest BCUT2D eigenvalue weighted by molar-refractivity contribution is 5.93. The first-order valence-electron chi connectivity index (χ1n) is 6.38. The van der Waals surface area contributed by atoms with Gasteiger partial charge in [0.1, 0.15) is 0 Å². The molecule has 0 radical (unpaired) electrons. The maximum absolute atomic E-state index is 12.1. The van der Waals surface area contributed by atoms with Gasteiger partial charge in [-0.25, -0.2) is 4.90 Å². The van der Waals surface area contributed by atoms with Crippen molar-refractivity contribution in [2.45, 2.75) is 32.4 Å². The second kappa shape index (κ2) is 4.44. The lowest BCUT2D eigenvalue weighted by atomic mass is 10.0. The molecular weight excluding hydrogens is 228 g/mol. The van der Waals surface area contributed by atoms with Crippen molar-refractivity contribution < 1.29 is 14.4 Å². The van der Waals surface area contributed by atoms with E-state index >= 15 is 0 Å². The summed E-state index contributed by atoms with van der Waals surface area (Å²) in [5, 5.41) is 0. The molecule has 2 aliphatic heterocycles. The monoisotopic (exact) mass is 245 g/mol. The highest BCUT2D eigenvalue weighted by Crippen LogP contribution is 2.22. The molecule has 1 saturated heterocycles. The molecule has 0 unspecified atom stereocenters. The van der Waals surface area contributed by atoms with Crippen molar-refractivity contribution in [1.29, 1.82) is 0 Å². The molecule has 0 spiro atoms. The van der Waals surface area contributed by atoms with Crippen molar-refractivity contribution in [2.24, 2.45) is 0 Å². The molecule has 0 saturated carbocycles. The number of amides is 2. The molecule has 0 aromatic heterocycles. The average molecular weight is 245 g/mol. The first-order chi connectivity index (χ1) is 8.75. The summed E-state index contributed by atoms with van der Waals surface area (Å²) in [5.74, 6) is 0. The molecule has 2 heterocycles. The zero-order chi connectivity index (χ0) is 12.5. The van der Waals surface area contributed by atoms with E-state index in [0.717, 1.165) is 30.7 Å². The Kier molecular flexibility index (Phi) is 2.78. The summed E-state index contributed by atoms with van der Waals surface area (Å²) in [6.07, 6.45) is 1.99. The van der Waals surface area contributed by atoms with Gasteiger partial charge in [-0.3, -0.25) is 0 Å². The maximum Gasteiger partial charge on any atom is 0.533 e. The third-order valence-corrected chi connectivity index (χ3v) is 3.65. The predicted molar refractivity (Wildman–Crippen MR) is 67.3 cm³/mol. The van der Waals surface area contributed by atoms with Crippen LogP contribution in [0.1, 0.15) is 25.3 Å². The molecule has 1 atom stereocenters. The van der Waals surface area contributed by atoms with Crippen molar-refractivity contribution in [1.82, 2.24) is 4.90 Å². The van der Waals surface area contributed by atoms with E-state index in [4.69, 9.17) is 4.84 Å². The summed E-state index contributed by atoms with van der Waals surface area (Å²) in [6.45, 7) is 3.27. The Labute approximate surface area is 106 Å². The third kappa shape index (κ3) is 1.88. The molecular formula is C14H17N2O2+. The van der Waals surface area contributed by atoms with Crippen LogP contribution < -0.4 is 0 Å². The highest BCUT2D eigenvalue weighted by Gasteiger charge is 2.46. The van der Waals surface area contributed by atoms with Gasteiger partial charge in [0.25, 0.3) is 0 Å². The number of benzene rings is 1. The summed E-state index contributed by atoms with van der Waals surface area (Å²) in [4.78, 5) is 19.7. The number of urea groups is 1. The van der Waals surface area contributed by atoms with Crippen LogP contribution in [0.25, 0.3) is 0 Å². The SMILES string of the molecule is C[C@@H]1CCC2=[N+](OCc3ccccc3)C(=O)N1C2. The second-order valence-corrected chi connectivity index (χ2v) is 4.92. The van der Waals surface area contributed by atoms with Crippen LogP contribution in [-0.2, 0) is 11.4 Å². The van der Waals surface area contributed by atoms with Crippen LogP contribution in [0.5, 0.6) is 0 Å². The maximum atomic E-state index is 12.1. The molecule has 1 aromatic carbocycles. The normalized spacial score (nSPS) is 22.6. The number of nitrogens with zero attached hydrogens (tertiary/aromatic N) is 2. The van der Waals surface area contributed by atoms with Crippen LogP contribution in [0.15, 0.2) is 30.3 Å². The molecule has 0 N–H and O–H groups in total. The van der Waals surface area contributed by atoms with E-state index in [9.17, 15) is 4.79 Å². The number of hydroxylamine groups is 1. The lowest BCUT2D eigenvalue weighted by Gasteiger charge is -2.18. The number of hydrogen-bond donors (Lipinski definition) is 0. The fourth-order valence-corrected chi connectivity index (χ4v) is 2.50. The molecule has 18 heavy (non-hydrogen) atoms. The van der Waals surface area contributed by atoms with E-state index < -0.39 is 0 Å². The predicted octanol–water partition coefficient (Wildman–Crippen LogP) is 2.19. The van der Waals surface area contributed by atoms with E-state index in [0.29, 0.717) is 12.6 Å². The lowest BCUT2D eigenvalue weighted by molar-refractivity contribution is -0.720. The van der Waals surface area contributed by atoms with Crippen LogP contribution in [0.4, 0.5) is 4.79 Å². The summed E-state index contributed by atoms with van der Waals surface area (Å²) in [6, 6.07) is 10.2. The Bertz CT molecular complexity index is 496. The summed E-state index contributed by atoms with van der Waals surface area (Å²) >= 11 is 0. The number of piperidine rings is 1. The minimum absolute atomic E-state index is 0.00840. The Morgan fingerprint density at radius 1 is 1.39 bits per heavy atom. The zero-order valence-electron chi connectivity index (χ0n) is 10.5. The number of hydrogen-bond acceptors (Lipinski definition) is 2. The minimum atomic E-state index is -0.00840. The first-order valence-corrected chi connectivity index (χ1v) is 6.38. The average Bonchev–Trinajstić information content (AvgIpc) is 2.67. The summed E-state index contributed by atoms with van der Waals surface area (Å²) in [5.41, 5.74) is 2.17. The largest absolute Gasteiger partial charge is 0.533 e. The van der Waals surface area contributed by atoms with Gasteiger partial charge in [-0.1, -0.05) is 30.3 Å². The van der Waals surface area contributed by atoms with E-state index in [-0.39, 0.29) is 6.03 Å². The summed E-state index contributed by atoms with van der Waals surface area (Å²) in [7, 11) is 0. The van der Waals surface area contributed by atoms with Gasteiger partial charge in [-0.15, -0.1) is 0 Å². The second-order valence-electron chi connectivity index (χ2n) is 4.92. The number of rotatable bonds is 3. The van der Waals surface area contributed by atoms with Gasteiger partial charge in [0, 0.05) is 6.42 Å². The van der Waals surface area contributed by atoms with Crippen molar-refractivity contribution in [3.05, 3.63) is 35.9 Å². The quantitative estimate of drug-likeness (QED) is 0.765. The van der Waals surface area contributed by atoms with Crippen LogP contribution >= 0.6 is 0 Å². The molecule has 1 fully saturated rings. The van der Waals surface area contributed by atoms with Crippen molar-refractivity contribution >= 4 is 11.7 Å². The van der Waals surface area contributed by atoms with E-state index in [1.165, 1.54) is 4.74 Å². The Morgan fingerprint density at radius 2 is 2.17 bits per heavy atom. The van der Waals surface area contributed by atoms with Crippen molar-refractivity contribution in [3.63, 3.8) is 0 Å². The Morgan fingerprint density at radius 3 is 2.89 bits per heavy atom. The standard InChI is InChI=1S/C14H17N2O2/c1-11-7-8-13-9-15(11)14(17)16(13)18-10-12-5-3-2-4-6-12/h2-6,11H,7-10H2,1H3/q+1/t11-/m1/s1. The zero-order valence-corrected chi connectivity index (χ0v) is 10.5. The number of carbonyl (C=O) groups is 1. The molecule has 2 bridgehead atoms. The van der Waals surface area contributed by atoms with Gasteiger partial charge in [-0.05, 0) is 23.6 Å². The molecule has 0 aliphatic carbocycles. The van der Waals surface area contributed by atoms with Crippen molar-refractivity contribution in [2.75, 3.05) is 6.54 Å². The number of fused-ring (bicyclic) bond motifs is 2. The van der Waals surface area contributed by atoms with Crippen LogP contribution in [0.3, 0.4) is 0 Å². The smallest absolute Gasteiger partial charge is 0.328 e. The van der Waals surface area contributed by atoms with E-state index in [1.54, 1.807) is 0 Å². The third-order valence-electron chi connectivity index (χ3n) is 3.65. The van der Waals surface area contributed by atoms with Crippen LogP contribution in [0.2, 0.25) is 0 Å². The van der Waals surface area contributed by atoms with Crippen molar-refractivity contribution in [3.8, 4) is 0 Å². The fourth-order valence-electron chi connectivity index (χ4n) is 2.50. The number of carbonyl (C=O) groups excluding carboxylic acids is 1. The van der Waals surface area contributed by atoms with Gasteiger partial charge in [0.15, 0.2) is 18.9 Å². The molecule has 4 heteroatoms. The van der Waals surface area contributed by atoms with Gasteiger partial charge < -0.3 is 4.84 Å². The molecule has 1 aromatic rings. The van der Waals surface area contributed by atoms with Crippen LogP contribution in [0, 0.1) is 0 Å². The first kappa shape index (κ1) is 11.3. The molecule has 2 aliphatic rings. The summed E-state index contributed by atoms with van der Waals surface area (Å²) < 4.78 is 1.50. The Hall–Kier alpha value is -1.84. The lowest BCUT2D eigenvalue weighted by Crippen LogP contribution is -2.39. The van der Waals surface area contributed by atoms with Gasteiger partial charge in [0.05, 0.1) is 6.04 Å². The van der Waals surface area contributed by atoms with Crippen LogP contribution in [-0.4, -0.2) is 34.0 Å². The Balaban J connectivity index is 1.72. The highest BCUT2D eigenvalue weighted by atomic mass is 16.7.